The quantitative estimate of drug-likeness (QED) is 0.527. The smallest absolute Gasteiger partial charge is 0.320 e. The fourth-order valence-corrected chi connectivity index (χ4v) is 3.87. The Morgan fingerprint density at radius 1 is 0.862 bits per heavy atom. The van der Waals surface area contributed by atoms with Crippen LogP contribution in [0.5, 0.6) is 0 Å². The molecule has 0 bridgehead atoms. The van der Waals surface area contributed by atoms with Crippen LogP contribution in [0.25, 0.3) is 33.1 Å². The van der Waals surface area contributed by atoms with Crippen molar-refractivity contribution in [1.29, 1.82) is 0 Å². The van der Waals surface area contributed by atoms with Crippen LogP contribution < -0.4 is 10.6 Å². The van der Waals surface area contributed by atoms with Crippen LogP contribution >= 0.6 is 0 Å². The first-order valence-corrected chi connectivity index (χ1v) is 9.94. The molecule has 2 amide bonds. The number of amides is 2. The number of hydrogen-bond donors (Lipinski definition) is 2. The number of para-hydroxylation sites is 1. The van der Waals surface area contributed by atoms with E-state index in [2.05, 4.69) is 31.7 Å². The van der Waals surface area contributed by atoms with E-state index < -0.39 is 0 Å². The molecule has 0 radical (unpaired) electrons. The summed E-state index contributed by atoms with van der Waals surface area (Å²) in [6.07, 6.45) is 8.13. The van der Waals surface area contributed by atoms with E-state index in [0.29, 0.717) is 5.82 Å². The van der Waals surface area contributed by atoms with Gasteiger partial charge in [0, 0.05) is 34.9 Å². The summed E-state index contributed by atoms with van der Waals surface area (Å²) in [7, 11) is 0. The van der Waals surface area contributed by atoms with E-state index >= 15 is 0 Å². The van der Waals surface area contributed by atoms with Crippen molar-refractivity contribution in [3.63, 3.8) is 0 Å². The zero-order valence-electron chi connectivity index (χ0n) is 15.9. The van der Waals surface area contributed by atoms with Gasteiger partial charge in [-0.05, 0) is 43.2 Å². The predicted molar refractivity (Wildman–Crippen MR) is 115 cm³/mol. The normalized spacial score (nSPS) is 14.3. The van der Waals surface area contributed by atoms with Gasteiger partial charge in [0.05, 0.1) is 16.6 Å². The van der Waals surface area contributed by atoms with Gasteiger partial charge in [0.2, 0.25) is 0 Å². The summed E-state index contributed by atoms with van der Waals surface area (Å²) in [6, 6.07) is 15.8. The molecule has 1 aromatic carbocycles. The lowest BCUT2D eigenvalue weighted by Crippen LogP contribution is -2.36. The molecule has 29 heavy (non-hydrogen) atoms. The van der Waals surface area contributed by atoms with Crippen molar-refractivity contribution in [2.75, 3.05) is 5.32 Å². The number of nitrogens with one attached hydrogen (secondary N) is 2. The van der Waals surface area contributed by atoms with Gasteiger partial charge in [-0.25, -0.2) is 9.78 Å². The van der Waals surface area contributed by atoms with Crippen LogP contribution in [0, 0.1) is 0 Å². The minimum absolute atomic E-state index is 0.202. The molecule has 2 N–H and O–H groups in total. The average Bonchev–Trinajstić information content (AvgIpc) is 3.25. The van der Waals surface area contributed by atoms with Crippen LogP contribution in [0.3, 0.4) is 0 Å². The number of aromatic nitrogens is 3. The Hall–Kier alpha value is -3.54. The molecular weight excluding hydrogens is 362 g/mol. The third-order valence-corrected chi connectivity index (χ3v) is 5.39. The molecule has 6 heteroatoms. The first-order valence-electron chi connectivity index (χ1n) is 9.94. The first kappa shape index (κ1) is 17.6. The summed E-state index contributed by atoms with van der Waals surface area (Å²) in [5.41, 5.74) is 4.40. The number of urea groups is 1. The molecule has 0 aliphatic heterocycles. The van der Waals surface area contributed by atoms with Gasteiger partial charge in [0.15, 0.2) is 0 Å². The molecule has 1 aliphatic carbocycles. The lowest BCUT2D eigenvalue weighted by molar-refractivity contribution is 0.248. The molecule has 1 fully saturated rings. The van der Waals surface area contributed by atoms with Gasteiger partial charge in [0.1, 0.15) is 5.82 Å². The number of hydrogen-bond acceptors (Lipinski definition) is 4. The van der Waals surface area contributed by atoms with Crippen LogP contribution in [0.15, 0.2) is 60.9 Å². The molecule has 144 valence electrons. The summed E-state index contributed by atoms with van der Waals surface area (Å²) < 4.78 is 0. The summed E-state index contributed by atoms with van der Waals surface area (Å²) in [5.74, 6) is 0.517. The van der Waals surface area contributed by atoms with E-state index in [1.165, 1.54) is 12.8 Å². The van der Waals surface area contributed by atoms with Crippen molar-refractivity contribution in [2.45, 2.75) is 31.7 Å². The number of rotatable bonds is 3. The maximum Gasteiger partial charge on any atom is 0.320 e. The third-order valence-electron chi connectivity index (χ3n) is 5.39. The highest BCUT2D eigenvalue weighted by Gasteiger charge is 2.17. The molecule has 0 spiro atoms. The Labute approximate surface area is 168 Å². The van der Waals surface area contributed by atoms with E-state index in [1.807, 2.05) is 48.8 Å². The fourth-order valence-electron chi connectivity index (χ4n) is 3.87. The van der Waals surface area contributed by atoms with E-state index in [1.54, 1.807) is 6.07 Å². The van der Waals surface area contributed by atoms with E-state index in [4.69, 9.17) is 0 Å². The SMILES string of the molecule is O=C(Nc1ccc2ncc(-c3cnc4ccccc4c3)cc2n1)NC1CCCC1. The van der Waals surface area contributed by atoms with Crippen molar-refractivity contribution >= 4 is 33.8 Å². The molecule has 5 rings (SSSR count). The van der Waals surface area contributed by atoms with Gasteiger partial charge in [-0.1, -0.05) is 31.0 Å². The Balaban J connectivity index is 1.41. The van der Waals surface area contributed by atoms with E-state index in [0.717, 1.165) is 45.9 Å². The largest absolute Gasteiger partial charge is 0.335 e. The molecule has 0 atom stereocenters. The van der Waals surface area contributed by atoms with Gasteiger partial charge in [-0.2, -0.15) is 0 Å². The molecule has 1 saturated carbocycles. The maximum absolute atomic E-state index is 12.2. The minimum Gasteiger partial charge on any atom is -0.335 e. The Kier molecular flexibility index (Phi) is 4.52. The second-order valence-corrected chi connectivity index (χ2v) is 7.46. The highest BCUT2D eigenvalue weighted by Crippen LogP contribution is 2.25. The van der Waals surface area contributed by atoms with E-state index in [9.17, 15) is 4.79 Å². The molecular formula is C23H21N5O. The zero-order valence-corrected chi connectivity index (χ0v) is 15.9. The van der Waals surface area contributed by atoms with Crippen LogP contribution in [0.4, 0.5) is 10.6 Å². The number of benzene rings is 1. The molecule has 3 heterocycles. The molecule has 3 aromatic heterocycles. The van der Waals surface area contributed by atoms with Gasteiger partial charge in [-0.3, -0.25) is 15.3 Å². The number of anilines is 1. The summed E-state index contributed by atoms with van der Waals surface area (Å²) >= 11 is 0. The number of nitrogens with zero attached hydrogens (tertiary/aromatic N) is 3. The van der Waals surface area contributed by atoms with Gasteiger partial charge in [-0.15, -0.1) is 0 Å². The van der Waals surface area contributed by atoms with Crippen molar-refractivity contribution in [3.8, 4) is 11.1 Å². The van der Waals surface area contributed by atoms with Crippen molar-refractivity contribution < 1.29 is 4.79 Å². The fraction of sp³-hybridized carbons (Fsp3) is 0.217. The average molecular weight is 383 g/mol. The molecule has 1 aliphatic rings. The van der Waals surface area contributed by atoms with Crippen LogP contribution in [0.1, 0.15) is 25.7 Å². The minimum atomic E-state index is -0.202. The molecule has 4 aromatic rings. The van der Waals surface area contributed by atoms with Gasteiger partial charge >= 0.3 is 6.03 Å². The van der Waals surface area contributed by atoms with Gasteiger partial charge < -0.3 is 5.32 Å². The second-order valence-electron chi connectivity index (χ2n) is 7.46. The zero-order chi connectivity index (χ0) is 19.6. The van der Waals surface area contributed by atoms with Crippen LogP contribution in [-0.2, 0) is 0 Å². The molecule has 6 nitrogen and oxygen atoms in total. The number of carbonyl (C=O) groups is 1. The number of fused-ring (bicyclic) bond motifs is 2. The van der Waals surface area contributed by atoms with Crippen molar-refractivity contribution in [3.05, 3.63) is 60.9 Å². The Morgan fingerprint density at radius 3 is 2.48 bits per heavy atom. The topological polar surface area (TPSA) is 79.8 Å². The summed E-state index contributed by atoms with van der Waals surface area (Å²) in [5, 5.41) is 6.94. The number of pyridine rings is 3. The second kappa shape index (κ2) is 7.47. The Morgan fingerprint density at radius 2 is 1.62 bits per heavy atom. The Bertz CT molecular complexity index is 1200. The third kappa shape index (κ3) is 3.74. The first-order chi connectivity index (χ1) is 14.2. The number of carbonyl (C=O) groups excluding carboxylic acids is 1. The van der Waals surface area contributed by atoms with Gasteiger partial charge in [0.25, 0.3) is 0 Å². The van der Waals surface area contributed by atoms with Crippen molar-refractivity contribution in [1.82, 2.24) is 20.3 Å². The lowest BCUT2D eigenvalue weighted by atomic mass is 10.1. The van der Waals surface area contributed by atoms with Crippen LogP contribution in [0.2, 0.25) is 0 Å². The van der Waals surface area contributed by atoms with Crippen molar-refractivity contribution in [2.24, 2.45) is 0 Å². The standard InChI is InChI=1S/C23H21N5O/c29-23(26-18-6-2-3-7-18)28-22-10-9-20-21(27-22)12-17(14-25-20)16-11-15-5-1-4-8-19(15)24-13-16/h1,4-5,8-14,18H,2-3,6-7H2,(H2,26,27,28,29). The highest BCUT2D eigenvalue weighted by atomic mass is 16.2. The predicted octanol–water partition coefficient (Wildman–Crippen LogP) is 4.91. The highest BCUT2D eigenvalue weighted by molar-refractivity contribution is 5.91. The summed E-state index contributed by atoms with van der Waals surface area (Å²) in [6.45, 7) is 0. The monoisotopic (exact) mass is 383 g/mol. The van der Waals surface area contributed by atoms with Crippen LogP contribution in [-0.4, -0.2) is 27.0 Å². The molecule has 0 unspecified atom stereocenters. The maximum atomic E-state index is 12.2. The summed E-state index contributed by atoms with van der Waals surface area (Å²) in [4.78, 5) is 25.9. The lowest BCUT2D eigenvalue weighted by Gasteiger charge is -2.12. The van der Waals surface area contributed by atoms with E-state index in [-0.39, 0.29) is 12.1 Å². The molecule has 0 saturated heterocycles.